The van der Waals surface area contributed by atoms with E-state index in [9.17, 15) is 0 Å². The third kappa shape index (κ3) is 2.37. The number of nitrogens with zero attached hydrogens (tertiary/aromatic N) is 2. The SMILES string of the molecule is Cc1cnn(CCc2ccccc2N)c1. The minimum Gasteiger partial charge on any atom is -0.399 e. The molecule has 15 heavy (non-hydrogen) atoms. The molecular weight excluding hydrogens is 186 g/mol. The summed E-state index contributed by atoms with van der Waals surface area (Å²) in [6.07, 6.45) is 4.83. The van der Waals surface area contributed by atoms with Crippen LogP contribution >= 0.6 is 0 Å². The third-order valence-electron chi connectivity index (χ3n) is 2.43. The molecule has 2 N–H and O–H groups in total. The lowest BCUT2D eigenvalue weighted by Crippen LogP contribution is -2.03. The lowest BCUT2D eigenvalue weighted by molar-refractivity contribution is 0.615. The van der Waals surface area contributed by atoms with Crippen molar-refractivity contribution in [1.29, 1.82) is 0 Å². The summed E-state index contributed by atoms with van der Waals surface area (Å²) < 4.78 is 1.95. The number of hydrogen-bond acceptors (Lipinski definition) is 2. The molecule has 1 aromatic heterocycles. The van der Waals surface area contributed by atoms with E-state index in [1.165, 1.54) is 11.1 Å². The summed E-state index contributed by atoms with van der Waals surface area (Å²) in [5, 5.41) is 4.24. The Balaban J connectivity index is 2.02. The molecule has 2 aromatic rings. The Kier molecular flexibility index (Phi) is 2.72. The van der Waals surface area contributed by atoms with Crippen LogP contribution in [0, 0.1) is 6.92 Å². The predicted octanol–water partition coefficient (Wildman–Crippen LogP) is 2.02. The lowest BCUT2D eigenvalue weighted by Gasteiger charge is -2.04. The molecule has 78 valence electrons. The highest BCUT2D eigenvalue weighted by Gasteiger charge is 1.99. The number of benzene rings is 1. The number of nitrogens with two attached hydrogens (primary N) is 1. The van der Waals surface area contributed by atoms with Gasteiger partial charge in [0.2, 0.25) is 0 Å². The summed E-state index contributed by atoms with van der Waals surface area (Å²) in [7, 11) is 0. The zero-order valence-corrected chi connectivity index (χ0v) is 8.85. The first-order chi connectivity index (χ1) is 7.25. The molecule has 0 saturated carbocycles. The average Bonchev–Trinajstić information content (AvgIpc) is 2.63. The maximum atomic E-state index is 5.86. The molecule has 2 rings (SSSR count). The maximum absolute atomic E-state index is 5.86. The van der Waals surface area contributed by atoms with Crippen LogP contribution in [0.25, 0.3) is 0 Å². The summed E-state index contributed by atoms with van der Waals surface area (Å²) in [6, 6.07) is 7.96. The van der Waals surface area contributed by atoms with Gasteiger partial charge in [-0.25, -0.2) is 0 Å². The second kappa shape index (κ2) is 4.17. The number of anilines is 1. The molecule has 0 bridgehead atoms. The van der Waals surface area contributed by atoms with Crippen molar-refractivity contribution in [2.45, 2.75) is 19.9 Å². The van der Waals surface area contributed by atoms with E-state index in [0.717, 1.165) is 18.7 Å². The number of rotatable bonds is 3. The highest BCUT2D eigenvalue weighted by molar-refractivity contribution is 5.46. The number of aryl methyl sites for hydroxylation is 3. The van der Waals surface area contributed by atoms with Crippen LogP contribution in [0.15, 0.2) is 36.7 Å². The first kappa shape index (κ1) is 9.77. The van der Waals surface area contributed by atoms with Crippen LogP contribution in [0.1, 0.15) is 11.1 Å². The van der Waals surface area contributed by atoms with E-state index in [1.807, 2.05) is 42.2 Å². The van der Waals surface area contributed by atoms with Gasteiger partial charge in [0, 0.05) is 18.4 Å². The van der Waals surface area contributed by atoms with Crippen LogP contribution in [0.2, 0.25) is 0 Å². The highest BCUT2D eigenvalue weighted by atomic mass is 15.3. The molecule has 0 unspecified atom stereocenters. The standard InChI is InChI=1S/C12H15N3/c1-10-8-14-15(9-10)7-6-11-4-2-3-5-12(11)13/h2-5,8-9H,6-7,13H2,1H3. The van der Waals surface area contributed by atoms with Crippen LogP contribution < -0.4 is 5.73 Å². The molecule has 0 spiro atoms. The Labute approximate surface area is 89.5 Å². The molecule has 1 aromatic carbocycles. The Morgan fingerprint density at radius 1 is 1.33 bits per heavy atom. The summed E-state index contributed by atoms with van der Waals surface area (Å²) in [5.41, 5.74) is 9.10. The molecule has 0 saturated heterocycles. The van der Waals surface area contributed by atoms with Crippen molar-refractivity contribution >= 4 is 5.69 Å². The van der Waals surface area contributed by atoms with Gasteiger partial charge in [-0.3, -0.25) is 4.68 Å². The Morgan fingerprint density at radius 3 is 2.80 bits per heavy atom. The van der Waals surface area contributed by atoms with Gasteiger partial charge in [0.05, 0.1) is 6.20 Å². The summed E-state index contributed by atoms with van der Waals surface area (Å²) >= 11 is 0. The van der Waals surface area contributed by atoms with Crippen molar-refractivity contribution < 1.29 is 0 Å². The Morgan fingerprint density at radius 2 is 2.13 bits per heavy atom. The van der Waals surface area contributed by atoms with Gasteiger partial charge in [-0.05, 0) is 30.5 Å². The first-order valence-electron chi connectivity index (χ1n) is 5.08. The van der Waals surface area contributed by atoms with E-state index >= 15 is 0 Å². The first-order valence-corrected chi connectivity index (χ1v) is 5.08. The zero-order chi connectivity index (χ0) is 10.7. The molecule has 0 radical (unpaired) electrons. The number of hydrogen-bond donors (Lipinski definition) is 1. The molecule has 0 aliphatic heterocycles. The second-order valence-electron chi connectivity index (χ2n) is 3.73. The third-order valence-corrected chi connectivity index (χ3v) is 2.43. The summed E-state index contributed by atoms with van der Waals surface area (Å²) in [5.74, 6) is 0. The molecule has 0 atom stereocenters. The van der Waals surface area contributed by atoms with Crippen molar-refractivity contribution in [2.24, 2.45) is 0 Å². The number of nitrogen functional groups attached to an aromatic ring is 1. The summed E-state index contributed by atoms with van der Waals surface area (Å²) in [4.78, 5) is 0. The predicted molar refractivity (Wildman–Crippen MR) is 61.5 cm³/mol. The van der Waals surface area contributed by atoms with Gasteiger partial charge in [-0.1, -0.05) is 18.2 Å². The van der Waals surface area contributed by atoms with Gasteiger partial charge >= 0.3 is 0 Å². The fourth-order valence-electron chi connectivity index (χ4n) is 1.59. The molecule has 0 aliphatic carbocycles. The van der Waals surface area contributed by atoms with Crippen LogP contribution in [-0.4, -0.2) is 9.78 Å². The summed E-state index contributed by atoms with van der Waals surface area (Å²) in [6.45, 7) is 2.92. The fourth-order valence-corrected chi connectivity index (χ4v) is 1.59. The van der Waals surface area contributed by atoms with Crippen LogP contribution in [0.5, 0.6) is 0 Å². The van der Waals surface area contributed by atoms with Crippen molar-refractivity contribution in [3.05, 3.63) is 47.8 Å². The molecule has 3 nitrogen and oxygen atoms in total. The van der Waals surface area contributed by atoms with E-state index in [-0.39, 0.29) is 0 Å². The molecule has 3 heteroatoms. The van der Waals surface area contributed by atoms with Gasteiger partial charge in [0.25, 0.3) is 0 Å². The normalized spacial score (nSPS) is 10.5. The minimum atomic E-state index is 0.862. The minimum absolute atomic E-state index is 0.862. The van der Waals surface area contributed by atoms with Gasteiger partial charge in [-0.2, -0.15) is 5.10 Å². The number of aromatic nitrogens is 2. The van der Waals surface area contributed by atoms with E-state index in [1.54, 1.807) is 0 Å². The zero-order valence-electron chi connectivity index (χ0n) is 8.85. The van der Waals surface area contributed by atoms with Crippen molar-refractivity contribution in [1.82, 2.24) is 9.78 Å². The lowest BCUT2D eigenvalue weighted by atomic mass is 10.1. The maximum Gasteiger partial charge on any atom is 0.0518 e. The van der Waals surface area contributed by atoms with E-state index in [2.05, 4.69) is 11.2 Å². The Hall–Kier alpha value is -1.77. The van der Waals surface area contributed by atoms with Crippen molar-refractivity contribution in [2.75, 3.05) is 5.73 Å². The molecule has 0 aliphatic rings. The van der Waals surface area contributed by atoms with Gasteiger partial charge < -0.3 is 5.73 Å². The average molecular weight is 201 g/mol. The highest BCUT2D eigenvalue weighted by Crippen LogP contribution is 2.11. The van der Waals surface area contributed by atoms with Crippen LogP contribution in [-0.2, 0) is 13.0 Å². The topological polar surface area (TPSA) is 43.8 Å². The largest absolute Gasteiger partial charge is 0.399 e. The van der Waals surface area contributed by atoms with E-state index in [0.29, 0.717) is 0 Å². The second-order valence-corrected chi connectivity index (χ2v) is 3.73. The molecule has 1 heterocycles. The van der Waals surface area contributed by atoms with E-state index < -0.39 is 0 Å². The monoisotopic (exact) mass is 201 g/mol. The Bertz CT molecular complexity index is 446. The smallest absolute Gasteiger partial charge is 0.0518 e. The van der Waals surface area contributed by atoms with Gasteiger partial charge in [-0.15, -0.1) is 0 Å². The van der Waals surface area contributed by atoms with Gasteiger partial charge in [0.15, 0.2) is 0 Å². The number of para-hydroxylation sites is 1. The van der Waals surface area contributed by atoms with Crippen molar-refractivity contribution in [3.8, 4) is 0 Å². The quantitative estimate of drug-likeness (QED) is 0.772. The van der Waals surface area contributed by atoms with Crippen LogP contribution in [0.3, 0.4) is 0 Å². The molecule has 0 fully saturated rings. The van der Waals surface area contributed by atoms with E-state index in [4.69, 9.17) is 5.73 Å². The van der Waals surface area contributed by atoms with Gasteiger partial charge in [0.1, 0.15) is 0 Å². The van der Waals surface area contributed by atoms with Crippen LogP contribution in [0.4, 0.5) is 5.69 Å². The molecule has 0 amide bonds. The van der Waals surface area contributed by atoms with Crippen molar-refractivity contribution in [3.63, 3.8) is 0 Å². The molecular formula is C12H15N3. The fraction of sp³-hybridized carbons (Fsp3) is 0.250.